The average molecular weight is 214 g/mol. The van der Waals surface area contributed by atoms with Crippen molar-refractivity contribution in [2.75, 3.05) is 0 Å². The van der Waals surface area contributed by atoms with Crippen molar-refractivity contribution in [3.8, 4) is 0 Å². The van der Waals surface area contributed by atoms with Gasteiger partial charge in [-0.15, -0.1) is 0 Å². The molecule has 16 heavy (non-hydrogen) atoms. The van der Waals surface area contributed by atoms with Gasteiger partial charge in [0, 0.05) is 0 Å². The van der Waals surface area contributed by atoms with Crippen LogP contribution in [0.2, 0.25) is 0 Å². The maximum absolute atomic E-state index is 2.64. The van der Waals surface area contributed by atoms with E-state index in [1.807, 2.05) is 0 Å². The number of fused-ring (bicyclic) bond motifs is 1. The first-order chi connectivity index (χ1) is 7.84. The molecule has 0 spiro atoms. The SMILES string of the molecule is CCC1=CC=C/C1=C\C12CCCCC1CC2. The zero-order valence-corrected chi connectivity index (χ0v) is 10.3. The number of rotatable bonds is 2. The van der Waals surface area contributed by atoms with Crippen LogP contribution < -0.4 is 0 Å². The molecule has 2 atom stereocenters. The van der Waals surface area contributed by atoms with Crippen LogP contribution in [0.25, 0.3) is 0 Å². The first-order valence-electron chi connectivity index (χ1n) is 6.94. The quantitative estimate of drug-likeness (QED) is 0.620. The van der Waals surface area contributed by atoms with E-state index in [9.17, 15) is 0 Å². The van der Waals surface area contributed by atoms with Gasteiger partial charge >= 0.3 is 0 Å². The van der Waals surface area contributed by atoms with E-state index < -0.39 is 0 Å². The smallest absolute Gasteiger partial charge is 0.00808 e. The molecular formula is C16H22. The van der Waals surface area contributed by atoms with Gasteiger partial charge in [0.1, 0.15) is 0 Å². The first kappa shape index (κ1) is 10.4. The Hall–Kier alpha value is -0.780. The van der Waals surface area contributed by atoms with Gasteiger partial charge in [-0.3, -0.25) is 0 Å². The molecule has 0 nitrogen and oxygen atoms in total. The van der Waals surface area contributed by atoms with E-state index in [1.165, 1.54) is 50.5 Å². The van der Waals surface area contributed by atoms with Gasteiger partial charge in [0.05, 0.1) is 0 Å². The van der Waals surface area contributed by atoms with Gasteiger partial charge in [0.25, 0.3) is 0 Å². The van der Waals surface area contributed by atoms with Crippen molar-refractivity contribution in [2.45, 2.75) is 51.9 Å². The normalized spacial score (nSPS) is 39.4. The van der Waals surface area contributed by atoms with E-state index >= 15 is 0 Å². The molecule has 86 valence electrons. The van der Waals surface area contributed by atoms with E-state index in [1.54, 1.807) is 5.57 Å². The van der Waals surface area contributed by atoms with Gasteiger partial charge in [-0.2, -0.15) is 0 Å². The highest BCUT2D eigenvalue weighted by Crippen LogP contribution is 2.57. The fourth-order valence-corrected chi connectivity index (χ4v) is 3.83. The summed E-state index contributed by atoms with van der Waals surface area (Å²) < 4.78 is 0. The number of allylic oxidation sites excluding steroid dienone is 6. The highest BCUT2D eigenvalue weighted by molar-refractivity contribution is 5.49. The summed E-state index contributed by atoms with van der Waals surface area (Å²) in [5.41, 5.74) is 3.69. The molecular weight excluding hydrogens is 192 g/mol. The monoisotopic (exact) mass is 214 g/mol. The minimum absolute atomic E-state index is 0.608. The van der Waals surface area contributed by atoms with Crippen LogP contribution in [0.5, 0.6) is 0 Å². The maximum atomic E-state index is 2.64. The molecule has 3 aliphatic rings. The predicted molar refractivity (Wildman–Crippen MR) is 69.2 cm³/mol. The average Bonchev–Trinajstić information content (AvgIpc) is 2.71. The molecule has 0 N–H and O–H groups in total. The molecule has 0 radical (unpaired) electrons. The van der Waals surface area contributed by atoms with Crippen molar-refractivity contribution in [3.63, 3.8) is 0 Å². The summed E-state index contributed by atoms with van der Waals surface area (Å²) in [5.74, 6) is 1.01. The molecule has 2 saturated carbocycles. The Bertz CT molecular complexity index is 369. The van der Waals surface area contributed by atoms with Crippen molar-refractivity contribution in [1.82, 2.24) is 0 Å². The van der Waals surface area contributed by atoms with Crippen molar-refractivity contribution < 1.29 is 0 Å². The number of hydrogen-bond donors (Lipinski definition) is 0. The fraction of sp³-hybridized carbons (Fsp3) is 0.625. The molecule has 0 aromatic heterocycles. The highest BCUT2D eigenvalue weighted by Gasteiger charge is 2.46. The molecule has 2 unspecified atom stereocenters. The van der Waals surface area contributed by atoms with Crippen molar-refractivity contribution in [1.29, 1.82) is 0 Å². The second-order valence-electron chi connectivity index (χ2n) is 5.72. The van der Waals surface area contributed by atoms with E-state index in [0.717, 1.165) is 5.92 Å². The van der Waals surface area contributed by atoms with Crippen LogP contribution in [-0.2, 0) is 0 Å². The lowest BCUT2D eigenvalue weighted by molar-refractivity contribution is 0.0347. The standard InChI is InChI=1S/C16H22/c1-2-13-6-5-7-14(13)12-16-10-4-3-8-15(16)9-11-16/h5-7,12,15H,2-4,8-11H2,1H3/b14-12+. The molecule has 0 amide bonds. The molecule has 3 rings (SSSR count). The lowest BCUT2D eigenvalue weighted by Crippen LogP contribution is -2.41. The summed E-state index contributed by atoms with van der Waals surface area (Å²) in [6.07, 6.45) is 19.4. The molecule has 0 aliphatic heterocycles. The Morgan fingerprint density at radius 1 is 1.31 bits per heavy atom. The van der Waals surface area contributed by atoms with Crippen molar-refractivity contribution in [2.24, 2.45) is 11.3 Å². The highest BCUT2D eigenvalue weighted by atomic mass is 14.5. The van der Waals surface area contributed by atoms with Gasteiger partial charge in [-0.05, 0) is 54.6 Å². The Balaban J connectivity index is 1.85. The molecule has 3 aliphatic carbocycles. The molecule has 0 bridgehead atoms. The third kappa shape index (κ3) is 1.50. The maximum Gasteiger partial charge on any atom is -0.00808 e. The second kappa shape index (κ2) is 3.91. The molecule has 2 fully saturated rings. The lowest BCUT2D eigenvalue weighted by Gasteiger charge is -2.51. The van der Waals surface area contributed by atoms with Gasteiger partial charge in [-0.1, -0.05) is 44.1 Å². The van der Waals surface area contributed by atoms with Crippen LogP contribution in [0.3, 0.4) is 0 Å². The molecule has 0 heteroatoms. The van der Waals surface area contributed by atoms with E-state index in [4.69, 9.17) is 0 Å². The van der Waals surface area contributed by atoms with Gasteiger partial charge in [-0.25, -0.2) is 0 Å². The van der Waals surface area contributed by atoms with Crippen LogP contribution in [-0.4, -0.2) is 0 Å². The Kier molecular flexibility index (Phi) is 2.53. The van der Waals surface area contributed by atoms with E-state index in [-0.39, 0.29) is 0 Å². The molecule has 0 aromatic carbocycles. The molecule has 0 heterocycles. The third-order valence-corrected chi connectivity index (χ3v) is 4.98. The summed E-state index contributed by atoms with van der Waals surface area (Å²) in [4.78, 5) is 0. The first-order valence-corrected chi connectivity index (χ1v) is 6.94. The summed E-state index contributed by atoms with van der Waals surface area (Å²) in [5, 5.41) is 0. The minimum Gasteiger partial charge on any atom is -0.0705 e. The van der Waals surface area contributed by atoms with Crippen LogP contribution >= 0.6 is 0 Å². The van der Waals surface area contributed by atoms with Crippen LogP contribution in [0, 0.1) is 11.3 Å². The van der Waals surface area contributed by atoms with E-state index in [2.05, 4.69) is 31.2 Å². The van der Waals surface area contributed by atoms with Gasteiger partial charge in [0.15, 0.2) is 0 Å². The zero-order chi connectivity index (χ0) is 11.0. The summed E-state index contributed by atoms with van der Waals surface area (Å²) in [6, 6.07) is 0. The van der Waals surface area contributed by atoms with Gasteiger partial charge < -0.3 is 0 Å². The topological polar surface area (TPSA) is 0 Å². The summed E-state index contributed by atoms with van der Waals surface area (Å²) >= 11 is 0. The Morgan fingerprint density at radius 3 is 2.94 bits per heavy atom. The summed E-state index contributed by atoms with van der Waals surface area (Å²) in [7, 11) is 0. The third-order valence-electron chi connectivity index (χ3n) is 4.98. The molecule has 0 aromatic rings. The predicted octanol–water partition coefficient (Wildman–Crippen LogP) is 4.79. The van der Waals surface area contributed by atoms with E-state index in [0.29, 0.717) is 5.41 Å². The lowest BCUT2D eigenvalue weighted by atomic mass is 9.53. The Morgan fingerprint density at radius 2 is 2.25 bits per heavy atom. The largest absolute Gasteiger partial charge is 0.0705 e. The van der Waals surface area contributed by atoms with Crippen LogP contribution in [0.15, 0.2) is 35.5 Å². The van der Waals surface area contributed by atoms with Crippen LogP contribution in [0.1, 0.15) is 51.9 Å². The minimum atomic E-state index is 0.608. The Labute approximate surface area is 99.1 Å². The molecule has 0 saturated heterocycles. The fourth-order valence-electron chi connectivity index (χ4n) is 3.83. The second-order valence-corrected chi connectivity index (χ2v) is 5.72. The van der Waals surface area contributed by atoms with Crippen molar-refractivity contribution in [3.05, 3.63) is 35.5 Å². The van der Waals surface area contributed by atoms with Gasteiger partial charge in [0.2, 0.25) is 0 Å². The number of hydrogen-bond acceptors (Lipinski definition) is 0. The zero-order valence-electron chi connectivity index (χ0n) is 10.3. The summed E-state index contributed by atoms with van der Waals surface area (Å²) in [6.45, 7) is 2.27. The van der Waals surface area contributed by atoms with Crippen LogP contribution in [0.4, 0.5) is 0 Å². The van der Waals surface area contributed by atoms with Crippen molar-refractivity contribution >= 4 is 0 Å².